The summed E-state index contributed by atoms with van der Waals surface area (Å²) in [6.07, 6.45) is 2.41. The summed E-state index contributed by atoms with van der Waals surface area (Å²) in [4.78, 5) is 12.0. The van der Waals surface area contributed by atoms with Crippen molar-refractivity contribution in [3.8, 4) is 5.75 Å². The Labute approximate surface area is 126 Å². The van der Waals surface area contributed by atoms with E-state index in [-0.39, 0.29) is 5.91 Å². The molecule has 0 unspecified atom stereocenters. The Kier molecular flexibility index (Phi) is 6.02. The molecule has 21 heavy (non-hydrogen) atoms. The molecule has 1 amide bonds. The van der Waals surface area contributed by atoms with Gasteiger partial charge in [0.1, 0.15) is 5.75 Å². The van der Waals surface area contributed by atoms with Crippen LogP contribution in [0.4, 0.5) is 0 Å². The molecule has 0 radical (unpaired) electrons. The number of nitrogens with one attached hydrogen (secondary N) is 2. The highest BCUT2D eigenvalue weighted by atomic mass is 16.5. The minimum Gasteiger partial charge on any atom is -0.496 e. The Morgan fingerprint density at radius 3 is 2.86 bits per heavy atom. The van der Waals surface area contributed by atoms with E-state index in [9.17, 15) is 4.79 Å². The zero-order chi connectivity index (χ0) is 15.1. The van der Waals surface area contributed by atoms with Crippen LogP contribution < -0.4 is 15.4 Å². The molecule has 0 aromatic heterocycles. The molecule has 1 heterocycles. The van der Waals surface area contributed by atoms with Gasteiger partial charge in [0, 0.05) is 12.1 Å². The fourth-order valence-corrected chi connectivity index (χ4v) is 2.42. The average molecular weight is 292 g/mol. The van der Waals surface area contributed by atoms with Gasteiger partial charge in [-0.1, -0.05) is 6.07 Å². The van der Waals surface area contributed by atoms with Crippen LogP contribution in [-0.2, 0) is 4.74 Å². The highest BCUT2D eigenvalue weighted by molar-refractivity contribution is 5.94. The highest BCUT2D eigenvalue weighted by Gasteiger charge is 2.13. The van der Waals surface area contributed by atoms with Gasteiger partial charge in [-0.15, -0.1) is 0 Å². The van der Waals surface area contributed by atoms with Crippen molar-refractivity contribution in [2.75, 3.05) is 33.4 Å². The van der Waals surface area contributed by atoms with E-state index in [4.69, 9.17) is 9.47 Å². The van der Waals surface area contributed by atoms with E-state index >= 15 is 0 Å². The van der Waals surface area contributed by atoms with E-state index in [0.29, 0.717) is 24.8 Å². The van der Waals surface area contributed by atoms with Crippen molar-refractivity contribution in [1.82, 2.24) is 10.6 Å². The minimum absolute atomic E-state index is 0.0952. The van der Waals surface area contributed by atoms with Crippen LogP contribution in [0, 0.1) is 6.92 Å². The van der Waals surface area contributed by atoms with Crippen LogP contribution >= 0.6 is 0 Å². The summed E-state index contributed by atoms with van der Waals surface area (Å²) in [5.41, 5.74) is 1.63. The molecule has 1 saturated heterocycles. The number of hydrogen-bond acceptors (Lipinski definition) is 4. The van der Waals surface area contributed by atoms with Gasteiger partial charge in [0.25, 0.3) is 5.91 Å². The second-order valence-corrected chi connectivity index (χ2v) is 5.26. The topological polar surface area (TPSA) is 59.6 Å². The second-order valence-electron chi connectivity index (χ2n) is 5.26. The third kappa shape index (κ3) is 4.72. The maximum Gasteiger partial charge on any atom is 0.251 e. The van der Waals surface area contributed by atoms with Crippen molar-refractivity contribution in [3.63, 3.8) is 0 Å². The van der Waals surface area contributed by atoms with Crippen molar-refractivity contribution in [2.45, 2.75) is 25.9 Å². The standard InChI is InChI=1S/C16H24N2O3/c1-12-3-4-13(11-15(12)20-2)16(19)18-9-10-21-14-5-7-17-8-6-14/h3-4,11,14,17H,5-10H2,1-2H3,(H,18,19). The molecule has 0 aliphatic carbocycles. The van der Waals surface area contributed by atoms with Gasteiger partial charge in [0.05, 0.1) is 19.8 Å². The molecule has 0 saturated carbocycles. The van der Waals surface area contributed by atoms with Gasteiger partial charge >= 0.3 is 0 Å². The highest BCUT2D eigenvalue weighted by Crippen LogP contribution is 2.18. The fraction of sp³-hybridized carbons (Fsp3) is 0.562. The normalized spacial score (nSPS) is 15.7. The molecule has 2 N–H and O–H groups in total. The molecule has 1 aromatic rings. The molecule has 1 fully saturated rings. The van der Waals surface area contributed by atoms with E-state index in [1.54, 1.807) is 19.2 Å². The molecule has 0 bridgehead atoms. The first-order chi connectivity index (χ1) is 10.2. The molecule has 5 nitrogen and oxygen atoms in total. The summed E-state index contributed by atoms with van der Waals surface area (Å²) in [7, 11) is 1.61. The molecule has 0 atom stereocenters. The quantitative estimate of drug-likeness (QED) is 0.780. The van der Waals surface area contributed by atoms with Crippen LogP contribution in [0.25, 0.3) is 0 Å². The van der Waals surface area contributed by atoms with Crippen LogP contribution in [-0.4, -0.2) is 45.4 Å². The monoisotopic (exact) mass is 292 g/mol. The van der Waals surface area contributed by atoms with Gasteiger partial charge in [-0.05, 0) is 50.6 Å². The first kappa shape index (κ1) is 15.8. The zero-order valence-corrected chi connectivity index (χ0v) is 12.8. The van der Waals surface area contributed by atoms with Gasteiger partial charge in [-0.3, -0.25) is 4.79 Å². The summed E-state index contributed by atoms with van der Waals surface area (Å²) in [5.74, 6) is 0.635. The third-order valence-electron chi connectivity index (χ3n) is 3.70. The van der Waals surface area contributed by atoms with Gasteiger partial charge in [-0.25, -0.2) is 0 Å². The number of ether oxygens (including phenoxy) is 2. The van der Waals surface area contributed by atoms with Gasteiger partial charge in [0.15, 0.2) is 0 Å². The van der Waals surface area contributed by atoms with Gasteiger partial charge < -0.3 is 20.1 Å². The number of piperidine rings is 1. The average Bonchev–Trinajstić information content (AvgIpc) is 2.53. The third-order valence-corrected chi connectivity index (χ3v) is 3.70. The molecule has 1 aromatic carbocycles. The Hall–Kier alpha value is -1.59. The fourth-order valence-electron chi connectivity index (χ4n) is 2.42. The number of methoxy groups -OCH3 is 1. The number of carbonyl (C=O) groups excluding carboxylic acids is 1. The Morgan fingerprint density at radius 2 is 2.14 bits per heavy atom. The van der Waals surface area contributed by atoms with E-state index in [2.05, 4.69) is 10.6 Å². The lowest BCUT2D eigenvalue weighted by atomic mass is 10.1. The smallest absolute Gasteiger partial charge is 0.251 e. The molecular formula is C16H24N2O3. The first-order valence-electron chi connectivity index (χ1n) is 7.46. The van der Waals surface area contributed by atoms with Crippen LogP contribution in [0.2, 0.25) is 0 Å². The zero-order valence-electron chi connectivity index (χ0n) is 12.8. The summed E-state index contributed by atoms with van der Waals surface area (Å²) in [6, 6.07) is 5.46. The van der Waals surface area contributed by atoms with E-state index in [1.165, 1.54) is 0 Å². The molecule has 116 valence electrons. The summed E-state index contributed by atoms with van der Waals surface area (Å²) in [6.45, 7) is 5.06. The number of aryl methyl sites for hydroxylation is 1. The predicted molar refractivity (Wildman–Crippen MR) is 81.9 cm³/mol. The van der Waals surface area contributed by atoms with Crippen LogP contribution in [0.3, 0.4) is 0 Å². The van der Waals surface area contributed by atoms with Crippen molar-refractivity contribution in [3.05, 3.63) is 29.3 Å². The SMILES string of the molecule is COc1cc(C(=O)NCCOC2CCNCC2)ccc1C. The Balaban J connectivity index is 1.74. The number of hydrogen-bond donors (Lipinski definition) is 2. The number of benzene rings is 1. The van der Waals surface area contributed by atoms with Crippen LogP contribution in [0.5, 0.6) is 5.75 Å². The number of carbonyl (C=O) groups is 1. The van der Waals surface area contributed by atoms with Crippen molar-refractivity contribution >= 4 is 5.91 Å². The van der Waals surface area contributed by atoms with E-state index in [0.717, 1.165) is 37.2 Å². The van der Waals surface area contributed by atoms with Gasteiger partial charge in [-0.2, -0.15) is 0 Å². The van der Waals surface area contributed by atoms with Crippen molar-refractivity contribution in [2.24, 2.45) is 0 Å². The summed E-state index contributed by atoms with van der Waals surface area (Å²) >= 11 is 0. The Morgan fingerprint density at radius 1 is 1.38 bits per heavy atom. The summed E-state index contributed by atoms with van der Waals surface area (Å²) < 4.78 is 11.0. The lowest BCUT2D eigenvalue weighted by Gasteiger charge is -2.22. The van der Waals surface area contributed by atoms with Crippen LogP contribution in [0.15, 0.2) is 18.2 Å². The Bertz CT molecular complexity index is 471. The molecule has 2 rings (SSSR count). The lowest BCUT2D eigenvalue weighted by Crippen LogP contribution is -2.34. The summed E-state index contributed by atoms with van der Waals surface area (Å²) in [5, 5.41) is 6.17. The maximum absolute atomic E-state index is 12.0. The largest absolute Gasteiger partial charge is 0.496 e. The first-order valence-corrected chi connectivity index (χ1v) is 7.46. The second kappa shape index (κ2) is 8.00. The molecule has 1 aliphatic rings. The van der Waals surface area contributed by atoms with Crippen LogP contribution in [0.1, 0.15) is 28.8 Å². The number of rotatable bonds is 6. The lowest BCUT2D eigenvalue weighted by molar-refractivity contribution is 0.0343. The molecular weight excluding hydrogens is 268 g/mol. The number of amides is 1. The van der Waals surface area contributed by atoms with E-state index in [1.807, 2.05) is 13.0 Å². The van der Waals surface area contributed by atoms with Crippen molar-refractivity contribution < 1.29 is 14.3 Å². The van der Waals surface area contributed by atoms with E-state index < -0.39 is 0 Å². The minimum atomic E-state index is -0.0952. The molecule has 1 aliphatic heterocycles. The molecule has 0 spiro atoms. The predicted octanol–water partition coefficient (Wildman–Crippen LogP) is 1.50. The van der Waals surface area contributed by atoms with Crippen molar-refractivity contribution in [1.29, 1.82) is 0 Å². The van der Waals surface area contributed by atoms with Gasteiger partial charge in [0.2, 0.25) is 0 Å². The molecule has 5 heteroatoms. The maximum atomic E-state index is 12.0.